The summed E-state index contributed by atoms with van der Waals surface area (Å²) in [4.78, 5) is 22.2. The molecular weight excluding hydrogens is 543 g/mol. The lowest BCUT2D eigenvalue weighted by Crippen LogP contribution is -2.49. The van der Waals surface area contributed by atoms with E-state index in [0.717, 1.165) is 55.1 Å². The Balaban J connectivity index is 1.03. The molecule has 1 atom stereocenters. The van der Waals surface area contributed by atoms with Crippen molar-refractivity contribution >= 4 is 50.0 Å². The molecule has 14 heteroatoms. The predicted molar refractivity (Wildman–Crippen MR) is 144 cm³/mol. The number of benzene rings is 1. The zero-order valence-electron chi connectivity index (χ0n) is 21.1. The number of ether oxygens (including phenoxy) is 2. The molecule has 3 aliphatic rings. The monoisotopic (exact) mass is 570 g/mol. The van der Waals surface area contributed by atoms with Crippen molar-refractivity contribution in [1.29, 1.82) is 0 Å². The van der Waals surface area contributed by atoms with Crippen LogP contribution in [0.2, 0.25) is 0 Å². The minimum atomic E-state index is -0.434. The summed E-state index contributed by atoms with van der Waals surface area (Å²) in [5, 5.41) is 16.6. The molecule has 2 aliphatic heterocycles. The molecule has 7 rings (SSSR count). The number of rotatable bonds is 8. The highest BCUT2D eigenvalue weighted by molar-refractivity contribution is 7.99. The minimum absolute atomic E-state index is 0.0408. The Hall–Kier alpha value is -2.91. The lowest BCUT2D eigenvalue weighted by atomic mass is 10.3. The predicted octanol–water partition coefficient (Wildman–Crippen LogP) is 2.91. The molecule has 1 N–H and O–H groups in total. The number of anilines is 1. The number of nitrogens with one attached hydrogen (secondary N) is 1. The van der Waals surface area contributed by atoms with Gasteiger partial charge in [-0.2, -0.15) is 4.52 Å². The standard InChI is InChI=1S/C25H27FN8O3S2/c26-17-11-18-20(38-24(27-18)28-22(35)13-32-6-8-33(9-7-32)15-1-2-15)12-19(17)39-25-30-29-21-3-4-23(31-34(21)25)37-16-5-10-36-14-16/h3-4,11-12,15-16H,1-2,5-10,13-14H2,(H,27,28,35). The van der Waals surface area contributed by atoms with Gasteiger partial charge in [0.25, 0.3) is 0 Å². The van der Waals surface area contributed by atoms with E-state index in [0.29, 0.717) is 52.0 Å². The number of fused-ring (bicyclic) bond motifs is 2. The molecule has 11 nitrogen and oxygen atoms in total. The number of amides is 1. The molecule has 1 unspecified atom stereocenters. The number of nitrogens with zero attached hydrogens (tertiary/aromatic N) is 7. The summed E-state index contributed by atoms with van der Waals surface area (Å²) in [7, 11) is 0. The highest BCUT2D eigenvalue weighted by Crippen LogP contribution is 2.35. The first-order valence-corrected chi connectivity index (χ1v) is 14.7. The topological polar surface area (TPSA) is 110 Å². The molecule has 1 aromatic carbocycles. The van der Waals surface area contributed by atoms with Gasteiger partial charge in [-0.05, 0) is 36.7 Å². The van der Waals surface area contributed by atoms with Crippen LogP contribution in [0.4, 0.5) is 9.52 Å². The third-order valence-corrected chi connectivity index (χ3v) is 9.02. The van der Waals surface area contributed by atoms with Crippen molar-refractivity contribution in [3.8, 4) is 5.88 Å². The molecule has 39 heavy (non-hydrogen) atoms. The zero-order chi connectivity index (χ0) is 26.3. The van der Waals surface area contributed by atoms with Gasteiger partial charge in [0.2, 0.25) is 16.9 Å². The Morgan fingerprint density at radius 2 is 2.05 bits per heavy atom. The smallest absolute Gasteiger partial charge is 0.240 e. The van der Waals surface area contributed by atoms with E-state index in [4.69, 9.17) is 9.47 Å². The van der Waals surface area contributed by atoms with Gasteiger partial charge in [0.15, 0.2) is 10.8 Å². The Labute approximate surface area is 231 Å². The maximum Gasteiger partial charge on any atom is 0.240 e. The molecular formula is C25H27FN8O3S2. The molecule has 5 heterocycles. The van der Waals surface area contributed by atoms with Crippen LogP contribution in [-0.4, -0.2) is 98.6 Å². The Kier molecular flexibility index (Phi) is 6.80. The number of hydrogen-bond acceptors (Lipinski definition) is 11. The van der Waals surface area contributed by atoms with Crippen LogP contribution in [0, 0.1) is 5.82 Å². The van der Waals surface area contributed by atoms with Crippen LogP contribution < -0.4 is 10.1 Å². The van der Waals surface area contributed by atoms with Crippen LogP contribution >= 0.6 is 23.1 Å². The third kappa shape index (κ3) is 5.57. The van der Waals surface area contributed by atoms with E-state index in [-0.39, 0.29) is 12.0 Å². The normalized spacial score (nSPS) is 20.7. The van der Waals surface area contributed by atoms with Gasteiger partial charge >= 0.3 is 0 Å². The number of hydrogen-bond donors (Lipinski definition) is 1. The van der Waals surface area contributed by atoms with Gasteiger partial charge in [-0.25, -0.2) is 9.37 Å². The maximum absolute atomic E-state index is 15.1. The molecule has 1 amide bonds. The van der Waals surface area contributed by atoms with E-state index in [1.807, 2.05) is 0 Å². The molecule has 4 aromatic rings. The summed E-state index contributed by atoms with van der Waals surface area (Å²) >= 11 is 2.44. The second-order valence-corrected chi connectivity index (χ2v) is 12.0. The second kappa shape index (κ2) is 10.6. The summed E-state index contributed by atoms with van der Waals surface area (Å²) in [6.45, 7) is 5.34. The van der Waals surface area contributed by atoms with Crippen molar-refractivity contribution in [1.82, 2.24) is 34.6 Å². The Morgan fingerprint density at radius 1 is 1.18 bits per heavy atom. The molecule has 0 spiro atoms. The van der Waals surface area contributed by atoms with E-state index in [9.17, 15) is 4.79 Å². The summed E-state index contributed by atoms with van der Waals surface area (Å²) < 4.78 is 28.6. The largest absolute Gasteiger partial charge is 0.471 e. The van der Waals surface area contributed by atoms with E-state index >= 15 is 4.39 Å². The summed E-state index contributed by atoms with van der Waals surface area (Å²) in [5.41, 5.74) is 1.03. The first-order chi connectivity index (χ1) is 19.1. The molecule has 204 valence electrons. The first-order valence-electron chi connectivity index (χ1n) is 13.1. The summed E-state index contributed by atoms with van der Waals surface area (Å²) in [6.07, 6.45) is 3.37. The molecule has 3 aromatic heterocycles. The van der Waals surface area contributed by atoms with Gasteiger partial charge < -0.3 is 14.8 Å². The fourth-order valence-corrected chi connectivity index (χ4v) is 6.71. The van der Waals surface area contributed by atoms with E-state index in [1.54, 1.807) is 22.7 Å². The van der Waals surface area contributed by atoms with E-state index < -0.39 is 5.82 Å². The number of carbonyl (C=O) groups excluding carboxylic acids is 1. The quantitative estimate of drug-likeness (QED) is 0.340. The van der Waals surface area contributed by atoms with Gasteiger partial charge in [-0.3, -0.25) is 14.6 Å². The van der Waals surface area contributed by atoms with Crippen LogP contribution in [0.15, 0.2) is 34.3 Å². The molecule has 1 aliphatic carbocycles. The highest BCUT2D eigenvalue weighted by Gasteiger charge is 2.31. The molecule has 1 saturated carbocycles. The van der Waals surface area contributed by atoms with E-state index in [2.05, 4.69) is 35.4 Å². The van der Waals surface area contributed by atoms with Crippen molar-refractivity contribution in [3.63, 3.8) is 0 Å². The summed E-state index contributed by atoms with van der Waals surface area (Å²) in [5.74, 6) is -0.105. The van der Waals surface area contributed by atoms with Crippen molar-refractivity contribution in [2.24, 2.45) is 0 Å². The van der Waals surface area contributed by atoms with Gasteiger partial charge in [0.05, 0.1) is 34.9 Å². The molecule has 3 fully saturated rings. The van der Waals surface area contributed by atoms with Crippen LogP contribution in [0.5, 0.6) is 5.88 Å². The summed E-state index contributed by atoms with van der Waals surface area (Å²) in [6, 6.07) is 7.36. The first kappa shape index (κ1) is 25.1. The van der Waals surface area contributed by atoms with Crippen LogP contribution in [0.3, 0.4) is 0 Å². The molecule has 0 bridgehead atoms. The van der Waals surface area contributed by atoms with Crippen LogP contribution in [0.25, 0.3) is 15.9 Å². The Morgan fingerprint density at radius 3 is 2.85 bits per heavy atom. The van der Waals surface area contributed by atoms with Gasteiger partial charge in [-0.15, -0.1) is 15.3 Å². The number of piperazine rings is 1. The Bertz CT molecular complexity index is 1510. The maximum atomic E-state index is 15.1. The van der Waals surface area contributed by atoms with Crippen LogP contribution in [0.1, 0.15) is 19.3 Å². The highest BCUT2D eigenvalue weighted by atomic mass is 32.2. The lowest BCUT2D eigenvalue weighted by Gasteiger charge is -2.34. The molecule has 0 radical (unpaired) electrons. The zero-order valence-corrected chi connectivity index (χ0v) is 22.7. The third-order valence-electron chi connectivity index (χ3n) is 7.11. The van der Waals surface area contributed by atoms with Crippen molar-refractivity contribution in [2.75, 3.05) is 51.3 Å². The number of thiazole rings is 1. The minimum Gasteiger partial charge on any atom is -0.471 e. The number of halogens is 1. The van der Waals surface area contributed by atoms with E-state index in [1.165, 1.54) is 30.2 Å². The SMILES string of the molecule is O=C(CN1CCN(C2CC2)CC1)Nc1nc2cc(F)c(Sc3nnc4ccc(OC5CCOC5)nn34)cc2s1. The van der Waals surface area contributed by atoms with Gasteiger partial charge in [0, 0.05) is 50.8 Å². The van der Waals surface area contributed by atoms with Crippen molar-refractivity contribution < 1.29 is 18.7 Å². The average Bonchev–Trinajstić information content (AvgIpc) is 3.30. The van der Waals surface area contributed by atoms with Crippen molar-refractivity contribution in [3.05, 3.63) is 30.1 Å². The fraction of sp³-hybridized carbons (Fsp3) is 0.480. The second-order valence-electron chi connectivity index (χ2n) is 9.99. The van der Waals surface area contributed by atoms with Gasteiger partial charge in [-0.1, -0.05) is 11.3 Å². The van der Waals surface area contributed by atoms with Crippen LogP contribution in [-0.2, 0) is 9.53 Å². The molecule has 2 saturated heterocycles. The number of aromatic nitrogens is 5. The lowest BCUT2D eigenvalue weighted by molar-refractivity contribution is -0.117. The van der Waals surface area contributed by atoms with Crippen molar-refractivity contribution in [2.45, 2.75) is 41.5 Å². The van der Waals surface area contributed by atoms with Gasteiger partial charge in [0.1, 0.15) is 11.9 Å². The number of carbonyl (C=O) groups is 1. The average molecular weight is 571 g/mol. The fourth-order valence-electron chi connectivity index (χ4n) is 4.90.